The Morgan fingerprint density at radius 2 is 0.429 bits per heavy atom. The van der Waals surface area contributed by atoms with E-state index in [9.17, 15) is 14.4 Å². The molecule has 0 aliphatic heterocycles. The van der Waals surface area contributed by atoms with Crippen molar-refractivity contribution in [1.82, 2.24) is 0 Å². The lowest BCUT2D eigenvalue weighted by Crippen LogP contribution is -2.30. The summed E-state index contributed by atoms with van der Waals surface area (Å²) in [6.45, 7) is 6.66. The SMILES string of the molecule is CCCCCCCCCC/C=C\CCCCCCCCCCCCCCCCCCCCCCCC(=O)OCC(COC(=O)CCCCCCCC)OC(=O)CCCCCCCCCCCCCCCCCCCCCC. The molecule has 0 fully saturated rings. The lowest BCUT2D eigenvalue weighted by Gasteiger charge is -2.18. The number of hydrogen-bond acceptors (Lipinski definition) is 6. The fourth-order valence-electron chi connectivity index (χ4n) is 11.0. The van der Waals surface area contributed by atoms with Crippen molar-refractivity contribution in [2.24, 2.45) is 0 Å². The monoisotopic (exact) mass is 1090 g/mol. The van der Waals surface area contributed by atoms with Gasteiger partial charge in [-0.05, 0) is 44.9 Å². The first kappa shape index (κ1) is 75.2. The molecule has 0 aromatic carbocycles. The Balaban J connectivity index is 3.90. The van der Waals surface area contributed by atoms with Crippen LogP contribution in [0.3, 0.4) is 0 Å². The molecule has 0 rings (SSSR count). The molecule has 0 spiro atoms. The van der Waals surface area contributed by atoms with Crippen LogP contribution in [0.25, 0.3) is 0 Å². The summed E-state index contributed by atoms with van der Waals surface area (Å²) >= 11 is 0. The number of esters is 3. The minimum Gasteiger partial charge on any atom is -0.462 e. The van der Waals surface area contributed by atoms with Gasteiger partial charge < -0.3 is 14.2 Å². The largest absolute Gasteiger partial charge is 0.462 e. The van der Waals surface area contributed by atoms with Crippen molar-refractivity contribution in [1.29, 1.82) is 0 Å². The van der Waals surface area contributed by atoms with Crippen LogP contribution in [0.2, 0.25) is 0 Å². The van der Waals surface area contributed by atoms with Gasteiger partial charge in [-0.2, -0.15) is 0 Å². The summed E-state index contributed by atoms with van der Waals surface area (Å²) in [5, 5.41) is 0. The second-order valence-corrected chi connectivity index (χ2v) is 24.2. The first-order valence-electron chi connectivity index (χ1n) is 35.2. The average Bonchev–Trinajstić information content (AvgIpc) is 3.43. The number of carbonyl (C=O) groups excluding carboxylic acids is 3. The molecule has 0 saturated carbocycles. The van der Waals surface area contributed by atoms with E-state index >= 15 is 0 Å². The van der Waals surface area contributed by atoms with Gasteiger partial charge in [-0.3, -0.25) is 14.4 Å². The Morgan fingerprint density at radius 1 is 0.247 bits per heavy atom. The Morgan fingerprint density at radius 3 is 0.649 bits per heavy atom. The molecule has 0 aliphatic carbocycles. The predicted octanol–water partition coefficient (Wildman–Crippen LogP) is 24.0. The van der Waals surface area contributed by atoms with Crippen LogP contribution in [-0.2, 0) is 28.6 Å². The van der Waals surface area contributed by atoms with Crippen molar-refractivity contribution in [3.8, 4) is 0 Å². The van der Waals surface area contributed by atoms with Crippen LogP contribution in [0.5, 0.6) is 0 Å². The summed E-state index contributed by atoms with van der Waals surface area (Å²) in [5.41, 5.74) is 0. The van der Waals surface area contributed by atoms with Gasteiger partial charge in [-0.25, -0.2) is 0 Å². The predicted molar refractivity (Wildman–Crippen MR) is 335 cm³/mol. The third kappa shape index (κ3) is 64.9. The van der Waals surface area contributed by atoms with Gasteiger partial charge >= 0.3 is 17.9 Å². The molecule has 77 heavy (non-hydrogen) atoms. The number of unbranched alkanes of at least 4 members (excludes halogenated alkanes) is 53. The lowest BCUT2D eigenvalue weighted by atomic mass is 10.0. The van der Waals surface area contributed by atoms with E-state index in [0.29, 0.717) is 19.3 Å². The van der Waals surface area contributed by atoms with Crippen molar-refractivity contribution >= 4 is 17.9 Å². The number of ether oxygens (including phenoxy) is 3. The molecule has 6 nitrogen and oxygen atoms in total. The number of rotatable bonds is 66. The summed E-state index contributed by atoms with van der Waals surface area (Å²) in [4.78, 5) is 38.1. The van der Waals surface area contributed by atoms with E-state index in [2.05, 4.69) is 32.9 Å². The highest BCUT2D eigenvalue weighted by molar-refractivity contribution is 5.71. The van der Waals surface area contributed by atoms with Crippen molar-refractivity contribution in [3.63, 3.8) is 0 Å². The second kappa shape index (κ2) is 66.7. The van der Waals surface area contributed by atoms with Crippen LogP contribution in [0.1, 0.15) is 406 Å². The fourth-order valence-corrected chi connectivity index (χ4v) is 11.0. The van der Waals surface area contributed by atoms with Crippen LogP contribution >= 0.6 is 0 Å². The molecule has 0 N–H and O–H groups in total. The summed E-state index contributed by atoms with van der Waals surface area (Å²) in [7, 11) is 0. The van der Waals surface area contributed by atoms with E-state index in [0.717, 1.165) is 57.8 Å². The van der Waals surface area contributed by atoms with Gasteiger partial charge in [0.05, 0.1) is 0 Å². The molecule has 1 unspecified atom stereocenters. The van der Waals surface area contributed by atoms with Crippen molar-refractivity contribution in [2.45, 2.75) is 412 Å². The van der Waals surface area contributed by atoms with Gasteiger partial charge in [0.2, 0.25) is 0 Å². The van der Waals surface area contributed by atoms with Gasteiger partial charge in [0, 0.05) is 19.3 Å². The molecule has 0 aromatic rings. The minimum absolute atomic E-state index is 0.0631. The molecular formula is C71H136O6. The summed E-state index contributed by atoms with van der Waals surface area (Å²) in [6, 6.07) is 0. The summed E-state index contributed by atoms with van der Waals surface area (Å²) in [5.74, 6) is -0.842. The quantitative estimate of drug-likeness (QED) is 0.0261. The zero-order valence-electron chi connectivity index (χ0n) is 52.5. The van der Waals surface area contributed by atoms with E-state index in [1.807, 2.05) is 0 Å². The standard InChI is InChI=1S/C71H136O6/c1-4-7-10-13-16-18-20-22-24-26-28-30-31-32-33-34-35-36-37-38-39-40-41-42-44-45-47-49-51-53-55-58-61-64-70(73)76-67-68(66-75-69(72)63-60-57-15-12-9-6-3)77-71(74)65-62-59-56-54-52-50-48-46-43-29-27-25-23-21-19-17-14-11-8-5-2/h26,28,68H,4-25,27,29-67H2,1-3H3/b28-26-. The van der Waals surface area contributed by atoms with Gasteiger partial charge in [0.1, 0.15) is 13.2 Å². The molecular weight excluding hydrogens is 949 g/mol. The molecule has 0 bridgehead atoms. The first-order valence-corrected chi connectivity index (χ1v) is 35.2. The molecule has 6 heteroatoms. The number of hydrogen-bond donors (Lipinski definition) is 0. The second-order valence-electron chi connectivity index (χ2n) is 24.2. The normalized spacial score (nSPS) is 12.0. The zero-order chi connectivity index (χ0) is 55.7. The minimum atomic E-state index is -0.762. The van der Waals surface area contributed by atoms with Crippen molar-refractivity contribution < 1.29 is 28.6 Å². The average molecular weight is 1090 g/mol. The Bertz CT molecular complexity index is 1200. The highest BCUT2D eigenvalue weighted by Gasteiger charge is 2.19. The molecule has 0 saturated heterocycles. The Hall–Kier alpha value is -1.85. The van der Waals surface area contributed by atoms with Crippen LogP contribution in [0, 0.1) is 0 Å². The van der Waals surface area contributed by atoms with E-state index in [1.165, 1.54) is 308 Å². The van der Waals surface area contributed by atoms with Crippen molar-refractivity contribution in [2.75, 3.05) is 13.2 Å². The maximum Gasteiger partial charge on any atom is 0.306 e. The topological polar surface area (TPSA) is 78.9 Å². The summed E-state index contributed by atoms with van der Waals surface area (Å²) < 4.78 is 16.9. The van der Waals surface area contributed by atoms with E-state index < -0.39 is 6.10 Å². The van der Waals surface area contributed by atoms with Gasteiger partial charge in [0.15, 0.2) is 6.10 Å². The third-order valence-electron chi connectivity index (χ3n) is 16.3. The molecule has 0 amide bonds. The van der Waals surface area contributed by atoms with E-state index in [4.69, 9.17) is 14.2 Å². The van der Waals surface area contributed by atoms with Gasteiger partial charge in [-0.15, -0.1) is 0 Å². The van der Waals surface area contributed by atoms with Crippen LogP contribution < -0.4 is 0 Å². The van der Waals surface area contributed by atoms with E-state index in [-0.39, 0.29) is 31.1 Å². The van der Waals surface area contributed by atoms with Crippen LogP contribution in [0.15, 0.2) is 12.2 Å². The molecule has 0 aliphatic rings. The number of carbonyl (C=O) groups is 3. The molecule has 456 valence electrons. The highest BCUT2D eigenvalue weighted by atomic mass is 16.6. The Kier molecular flexibility index (Phi) is 65.1. The van der Waals surface area contributed by atoms with Crippen molar-refractivity contribution in [3.05, 3.63) is 12.2 Å². The molecule has 1 atom stereocenters. The zero-order valence-corrected chi connectivity index (χ0v) is 52.5. The van der Waals surface area contributed by atoms with Crippen LogP contribution in [-0.4, -0.2) is 37.2 Å². The fraction of sp³-hybridized carbons (Fsp3) is 0.930. The van der Waals surface area contributed by atoms with E-state index in [1.54, 1.807) is 0 Å². The highest BCUT2D eigenvalue weighted by Crippen LogP contribution is 2.19. The smallest absolute Gasteiger partial charge is 0.306 e. The number of allylic oxidation sites excluding steroid dienone is 2. The molecule has 0 aromatic heterocycles. The first-order chi connectivity index (χ1) is 38.0. The van der Waals surface area contributed by atoms with Gasteiger partial charge in [0.25, 0.3) is 0 Å². The molecule has 0 radical (unpaired) electrons. The Labute approximate surface area is 481 Å². The summed E-state index contributed by atoms with van der Waals surface area (Å²) in [6.07, 6.45) is 80.1. The maximum absolute atomic E-state index is 12.9. The third-order valence-corrected chi connectivity index (χ3v) is 16.3. The molecule has 0 heterocycles. The lowest BCUT2D eigenvalue weighted by molar-refractivity contribution is -0.167. The van der Waals surface area contributed by atoms with Crippen LogP contribution in [0.4, 0.5) is 0 Å². The maximum atomic E-state index is 12.9. The van der Waals surface area contributed by atoms with Gasteiger partial charge in [-0.1, -0.05) is 354 Å².